The fourth-order valence-electron chi connectivity index (χ4n) is 2.36. The highest BCUT2D eigenvalue weighted by Gasteiger charge is 2.47. The first-order chi connectivity index (χ1) is 12.9. The zero-order valence-electron chi connectivity index (χ0n) is 16.2. The fourth-order valence-corrected chi connectivity index (χ4v) is 2.36. The van der Waals surface area contributed by atoms with Gasteiger partial charge in [-0.1, -0.05) is 27.7 Å². The van der Waals surface area contributed by atoms with Crippen molar-refractivity contribution in [3.8, 4) is 0 Å². The van der Waals surface area contributed by atoms with Gasteiger partial charge in [0.2, 0.25) is 0 Å². The van der Waals surface area contributed by atoms with E-state index in [1.807, 2.05) is 0 Å². The Bertz CT molecular complexity index is 531. The summed E-state index contributed by atoms with van der Waals surface area (Å²) >= 11 is 0. The summed E-state index contributed by atoms with van der Waals surface area (Å²) in [7, 11) is 0. The van der Waals surface area contributed by atoms with Crippen LogP contribution in [-0.2, 0) is 42.9 Å². The molecule has 1 aliphatic heterocycles. The van der Waals surface area contributed by atoms with Crippen LogP contribution in [0.1, 0.15) is 53.4 Å². The number of rotatable bonds is 9. The molecule has 0 aliphatic carbocycles. The molecule has 4 atom stereocenters. The van der Waals surface area contributed by atoms with E-state index in [1.54, 1.807) is 27.7 Å². The van der Waals surface area contributed by atoms with E-state index < -0.39 is 48.3 Å². The molecule has 0 unspecified atom stereocenters. The molecule has 0 aromatic rings. The standard InChI is InChI=1S/C18H28O9/c1-5-13(19)24-9-11-17(26-15(21)7-3)18(27-16(22)8-4)12(10-23-11)25-14(20)6-2/h11-12,17-18H,5-10H2,1-4H3/t11-,12+,17-,18-/m1/s1. The first-order valence-corrected chi connectivity index (χ1v) is 9.21. The smallest absolute Gasteiger partial charge is 0.306 e. The largest absolute Gasteiger partial charge is 0.463 e. The van der Waals surface area contributed by atoms with Crippen LogP contribution in [0.25, 0.3) is 0 Å². The van der Waals surface area contributed by atoms with E-state index in [0.717, 1.165) is 0 Å². The van der Waals surface area contributed by atoms with Crippen molar-refractivity contribution in [3.63, 3.8) is 0 Å². The van der Waals surface area contributed by atoms with Crippen molar-refractivity contribution < 1.29 is 42.9 Å². The van der Waals surface area contributed by atoms with Crippen LogP contribution in [0, 0.1) is 0 Å². The molecule has 1 heterocycles. The van der Waals surface area contributed by atoms with Gasteiger partial charge in [0.05, 0.1) is 6.61 Å². The first-order valence-electron chi connectivity index (χ1n) is 9.21. The molecule has 9 nitrogen and oxygen atoms in total. The third kappa shape index (κ3) is 7.16. The Kier molecular flexibility index (Phi) is 9.77. The molecule has 0 amide bonds. The van der Waals surface area contributed by atoms with Gasteiger partial charge in [-0.3, -0.25) is 19.2 Å². The minimum Gasteiger partial charge on any atom is -0.463 e. The lowest BCUT2D eigenvalue weighted by Gasteiger charge is -2.40. The normalized spacial score (nSPS) is 24.6. The maximum atomic E-state index is 11.9. The molecule has 9 heteroatoms. The topological polar surface area (TPSA) is 114 Å². The summed E-state index contributed by atoms with van der Waals surface area (Å²) in [5, 5.41) is 0. The summed E-state index contributed by atoms with van der Waals surface area (Å²) in [5.41, 5.74) is 0. The van der Waals surface area contributed by atoms with E-state index in [9.17, 15) is 19.2 Å². The van der Waals surface area contributed by atoms with Crippen LogP contribution < -0.4 is 0 Å². The van der Waals surface area contributed by atoms with Crippen LogP contribution in [0.3, 0.4) is 0 Å². The van der Waals surface area contributed by atoms with Crippen LogP contribution in [0.15, 0.2) is 0 Å². The minimum atomic E-state index is -1.07. The molecule has 0 bridgehead atoms. The minimum absolute atomic E-state index is 0.0814. The van der Waals surface area contributed by atoms with Crippen molar-refractivity contribution in [1.82, 2.24) is 0 Å². The van der Waals surface area contributed by atoms with Crippen molar-refractivity contribution >= 4 is 23.9 Å². The van der Waals surface area contributed by atoms with E-state index in [-0.39, 0.29) is 38.9 Å². The van der Waals surface area contributed by atoms with Gasteiger partial charge in [0.25, 0.3) is 0 Å². The predicted molar refractivity (Wildman–Crippen MR) is 91.5 cm³/mol. The summed E-state index contributed by atoms with van der Waals surface area (Å²) in [6.45, 7) is 6.23. The summed E-state index contributed by atoms with van der Waals surface area (Å²) < 4.78 is 26.8. The molecule has 0 N–H and O–H groups in total. The molecular weight excluding hydrogens is 360 g/mol. The molecular formula is C18H28O9. The van der Waals surface area contributed by atoms with E-state index in [4.69, 9.17) is 23.7 Å². The average molecular weight is 388 g/mol. The van der Waals surface area contributed by atoms with Gasteiger partial charge in [0.1, 0.15) is 12.7 Å². The highest BCUT2D eigenvalue weighted by atomic mass is 16.7. The molecule has 0 radical (unpaired) electrons. The zero-order chi connectivity index (χ0) is 20.4. The maximum absolute atomic E-state index is 11.9. The van der Waals surface area contributed by atoms with Crippen molar-refractivity contribution in [1.29, 1.82) is 0 Å². The summed E-state index contributed by atoms with van der Waals surface area (Å²) in [4.78, 5) is 46.9. The Labute approximate surface area is 158 Å². The second-order valence-corrected chi connectivity index (χ2v) is 5.91. The highest BCUT2D eigenvalue weighted by Crippen LogP contribution is 2.25. The van der Waals surface area contributed by atoms with Crippen molar-refractivity contribution in [2.75, 3.05) is 13.2 Å². The quantitative estimate of drug-likeness (QED) is 0.426. The molecule has 0 saturated carbocycles. The molecule has 27 heavy (non-hydrogen) atoms. The predicted octanol–water partition coefficient (Wildman–Crippen LogP) is 1.30. The monoisotopic (exact) mass is 388 g/mol. The van der Waals surface area contributed by atoms with Crippen LogP contribution in [0.4, 0.5) is 0 Å². The van der Waals surface area contributed by atoms with Crippen molar-refractivity contribution in [2.45, 2.75) is 77.8 Å². The van der Waals surface area contributed by atoms with E-state index in [2.05, 4.69) is 0 Å². The lowest BCUT2D eigenvalue weighted by molar-refractivity contribution is -0.233. The fraction of sp³-hybridized carbons (Fsp3) is 0.778. The Morgan fingerprint density at radius 3 is 1.74 bits per heavy atom. The second kappa shape index (κ2) is 11.5. The van der Waals surface area contributed by atoms with Gasteiger partial charge in [0.15, 0.2) is 18.3 Å². The molecule has 154 valence electrons. The molecule has 0 aromatic heterocycles. The first kappa shape index (κ1) is 22.9. The Morgan fingerprint density at radius 1 is 0.741 bits per heavy atom. The van der Waals surface area contributed by atoms with E-state index in [0.29, 0.717) is 0 Å². The van der Waals surface area contributed by atoms with Gasteiger partial charge < -0.3 is 23.7 Å². The summed E-state index contributed by atoms with van der Waals surface area (Å²) in [5.74, 6) is -2.03. The van der Waals surface area contributed by atoms with Crippen LogP contribution in [-0.4, -0.2) is 61.5 Å². The number of hydrogen-bond donors (Lipinski definition) is 0. The lowest BCUT2D eigenvalue weighted by Crippen LogP contribution is -2.58. The van der Waals surface area contributed by atoms with Gasteiger partial charge in [0, 0.05) is 25.7 Å². The Morgan fingerprint density at radius 2 is 1.22 bits per heavy atom. The second-order valence-electron chi connectivity index (χ2n) is 5.91. The Balaban J connectivity index is 3.05. The highest BCUT2D eigenvalue weighted by molar-refractivity contribution is 5.71. The summed E-state index contributed by atoms with van der Waals surface area (Å²) in [6, 6.07) is 0. The maximum Gasteiger partial charge on any atom is 0.306 e. The van der Waals surface area contributed by atoms with Gasteiger partial charge in [-0.05, 0) is 0 Å². The van der Waals surface area contributed by atoms with E-state index in [1.165, 1.54) is 0 Å². The Hall–Kier alpha value is -2.16. The number of esters is 4. The number of hydrogen-bond acceptors (Lipinski definition) is 9. The van der Waals surface area contributed by atoms with Gasteiger partial charge in [-0.2, -0.15) is 0 Å². The number of ether oxygens (including phenoxy) is 5. The van der Waals surface area contributed by atoms with Crippen LogP contribution >= 0.6 is 0 Å². The van der Waals surface area contributed by atoms with Gasteiger partial charge in [-0.25, -0.2) is 0 Å². The molecule has 1 fully saturated rings. The number of carbonyl (C=O) groups excluding carboxylic acids is 4. The third-order valence-electron chi connectivity index (χ3n) is 3.91. The van der Waals surface area contributed by atoms with Gasteiger partial charge >= 0.3 is 23.9 Å². The molecule has 1 aliphatic rings. The van der Waals surface area contributed by atoms with Gasteiger partial charge in [-0.15, -0.1) is 0 Å². The third-order valence-corrected chi connectivity index (χ3v) is 3.91. The van der Waals surface area contributed by atoms with Crippen LogP contribution in [0.2, 0.25) is 0 Å². The van der Waals surface area contributed by atoms with E-state index >= 15 is 0 Å². The molecule has 0 spiro atoms. The van der Waals surface area contributed by atoms with Crippen molar-refractivity contribution in [3.05, 3.63) is 0 Å². The lowest BCUT2D eigenvalue weighted by atomic mass is 9.99. The van der Waals surface area contributed by atoms with Crippen molar-refractivity contribution in [2.24, 2.45) is 0 Å². The molecule has 0 aromatic carbocycles. The molecule has 1 saturated heterocycles. The zero-order valence-corrected chi connectivity index (χ0v) is 16.2. The summed E-state index contributed by atoms with van der Waals surface area (Å²) in [6.07, 6.45) is -3.41. The molecule has 1 rings (SSSR count). The van der Waals surface area contributed by atoms with Crippen LogP contribution in [0.5, 0.6) is 0 Å². The number of carbonyl (C=O) groups is 4. The SMILES string of the molecule is CCC(=O)OC[C@H]1OC[C@H](OC(=O)CC)[C@@H](OC(=O)CC)[C@@H]1OC(=O)CC. The average Bonchev–Trinajstić information content (AvgIpc) is 2.68.